The van der Waals surface area contributed by atoms with Crippen molar-refractivity contribution in [3.63, 3.8) is 0 Å². The molecule has 2 N–H and O–H groups in total. The third-order valence-corrected chi connectivity index (χ3v) is 5.21. The van der Waals surface area contributed by atoms with Crippen molar-refractivity contribution in [3.05, 3.63) is 60.3 Å². The molecule has 0 spiro atoms. The van der Waals surface area contributed by atoms with Gasteiger partial charge in [0.25, 0.3) is 0 Å². The minimum absolute atomic E-state index is 0.0937. The van der Waals surface area contributed by atoms with Crippen molar-refractivity contribution in [2.75, 3.05) is 42.9 Å². The molecule has 1 aliphatic heterocycles. The highest BCUT2D eigenvalue weighted by Crippen LogP contribution is 2.20. The van der Waals surface area contributed by atoms with E-state index in [1.807, 2.05) is 53.4 Å². The zero-order valence-corrected chi connectivity index (χ0v) is 16.3. The van der Waals surface area contributed by atoms with Crippen molar-refractivity contribution in [1.82, 2.24) is 14.9 Å². The molecule has 0 aliphatic carbocycles. The first-order valence-electron chi connectivity index (χ1n) is 9.92. The van der Waals surface area contributed by atoms with Gasteiger partial charge in [0.05, 0.1) is 12.1 Å². The summed E-state index contributed by atoms with van der Waals surface area (Å²) in [6, 6.07) is 15.6. The zero-order chi connectivity index (χ0) is 20.1. The van der Waals surface area contributed by atoms with Gasteiger partial charge in [0.2, 0.25) is 5.91 Å². The van der Waals surface area contributed by atoms with Crippen molar-refractivity contribution < 1.29 is 9.90 Å². The highest BCUT2D eigenvalue weighted by molar-refractivity contribution is 5.82. The van der Waals surface area contributed by atoms with Crippen LogP contribution in [0.25, 0.3) is 10.9 Å². The normalized spacial score (nSPS) is 14.2. The average Bonchev–Trinajstić information content (AvgIpc) is 2.79. The third-order valence-electron chi connectivity index (χ3n) is 5.21. The zero-order valence-electron chi connectivity index (χ0n) is 16.3. The van der Waals surface area contributed by atoms with E-state index in [4.69, 9.17) is 0 Å². The van der Waals surface area contributed by atoms with Crippen LogP contribution < -0.4 is 10.2 Å². The quantitative estimate of drug-likeness (QED) is 0.671. The Hall–Kier alpha value is -3.19. The lowest BCUT2D eigenvalue weighted by atomic mass is 10.1. The van der Waals surface area contributed by atoms with Gasteiger partial charge >= 0.3 is 0 Å². The van der Waals surface area contributed by atoms with Crippen LogP contribution in [-0.2, 0) is 11.4 Å². The van der Waals surface area contributed by atoms with E-state index in [1.54, 1.807) is 6.20 Å². The number of aliphatic hydroxyl groups excluding tert-OH is 1. The number of carbonyl (C=O) groups is 1. The fourth-order valence-corrected chi connectivity index (χ4v) is 3.61. The van der Waals surface area contributed by atoms with Crippen molar-refractivity contribution >= 4 is 28.4 Å². The van der Waals surface area contributed by atoms with Gasteiger partial charge in [-0.2, -0.15) is 0 Å². The Morgan fingerprint density at radius 2 is 1.86 bits per heavy atom. The van der Waals surface area contributed by atoms with Crippen molar-refractivity contribution in [2.45, 2.75) is 13.0 Å². The predicted molar refractivity (Wildman–Crippen MR) is 114 cm³/mol. The molecule has 1 fully saturated rings. The number of carbonyl (C=O) groups excluding carboxylic acids is 1. The number of nitrogens with one attached hydrogen (secondary N) is 1. The lowest BCUT2D eigenvalue weighted by Gasteiger charge is -2.35. The Balaban J connectivity index is 1.30. The summed E-state index contributed by atoms with van der Waals surface area (Å²) in [5, 5.41) is 13.9. The molecule has 0 saturated carbocycles. The molecule has 1 amide bonds. The monoisotopic (exact) mass is 391 g/mol. The van der Waals surface area contributed by atoms with E-state index in [-0.39, 0.29) is 12.5 Å². The highest BCUT2D eigenvalue weighted by atomic mass is 16.3. The number of piperazine rings is 1. The molecule has 29 heavy (non-hydrogen) atoms. The number of nitrogens with zero attached hydrogens (tertiary/aromatic N) is 4. The highest BCUT2D eigenvalue weighted by Gasteiger charge is 2.21. The molecule has 150 valence electrons. The number of aliphatic hydroxyl groups is 1. The van der Waals surface area contributed by atoms with Crippen molar-refractivity contribution in [3.8, 4) is 0 Å². The van der Waals surface area contributed by atoms with Crippen LogP contribution in [0.15, 0.2) is 54.7 Å². The van der Waals surface area contributed by atoms with Crippen LogP contribution in [0.5, 0.6) is 0 Å². The first-order valence-corrected chi connectivity index (χ1v) is 9.92. The summed E-state index contributed by atoms with van der Waals surface area (Å²) >= 11 is 0. The molecule has 0 bridgehead atoms. The molecule has 3 aromatic rings. The molecule has 0 atom stereocenters. The van der Waals surface area contributed by atoms with Crippen LogP contribution >= 0.6 is 0 Å². The summed E-state index contributed by atoms with van der Waals surface area (Å²) < 4.78 is 0. The van der Waals surface area contributed by atoms with Gasteiger partial charge in [-0.15, -0.1) is 0 Å². The second-order valence-electron chi connectivity index (χ2n) is 7.08. The van der Waals surface area contributed by atoms with Gasteiger partial charge in [0.15, 0.2) is 0 Å². The lowest BCUT2D eigenvalue weighted by Crippen LogP contribution is -2.49. The van der Waals surface area contributed by atoms with E-state index in [1.165, 1.54) is 0 Å². The number of pyridine rings is 2. The van der Waals surface area contributed by atoms with Gasteiger partial charge in [-0.25, -0.2) is 9.97 Å². The number of hydrogen-bond acceptors (Lipinski definition) is 6. The number of hydrogen-bond donors (Lipinski definition) is 2. The summed E-state index contributed by atoms with van der Waals surface area (Å²) in [5.41, 5.74) is 1.60. The fourth-order valence-electron chi connectivity index (χ4n) is 3.61. The summed E-state index contributed by atoms with van der Waals surface area (Å²) in [4.78, 5) is 25.7. The first kappa shape index (κ1) is 19.1. The molecule has 7 nitrogen and oxygen atoms in total. The van der Waals surface area contributed by atoms with Gasteiger partial charge in [-0.05, 0) is 24.3 Å². The van der Waals surface area contributed by atoms with Crippen molar-refractivity contribution in [2.24, 2.45) is 0 Å². The van der Waals surface area contributed by atoms with Gasteiger partial charge in [0, 0.05) is 56.3 Å². The molecule has 0 radical (unpaired) electrons. The molecular formula is C22H25N5O2. The smallest absolute Gasteiger partial charge is 0.224 e. The van der Waals surface area contributed by atoms with Gasteiger partial charge in [0.1, 0.15) is 11.6 Å². The predicted octanol–water partition coefficient (Wildman–Crippen LogP) is 2.27. The maximum absolute atomic E-state index is 12.6. The largest absolute Gasteiger partial charge is 0.392 e. The average molecular weight is 391 g/mol. The second-order valence-corrected chi connectivity index (χ2v) is 7.08. The van der Waals surface area contributed by atoms with Crippen LogP contribution in [0, 0.1) is 0 Å². The van der Waals surface area contributed by atoms with E-state index in [0.29, 0.717) is 31.9 Å². The van der Waals surface area contributed by atoms with Gasteiger partial charge < -0.3 is 20.2 Å². The number of amides is 1. The molecule has 1 aromatic carbocycles. The number of aromatic nitrogens is 2. The standard InChI is InChI=1S/C22H25N5O2/c28-16-18-15-17-5-1-2-6-19(17)25-22(18)24-10-8-21(29)27-13-11-26(12-14-27)20-7-3-4-9-23-20/h1-7,9,15,28H,8,10-14,16H2,(H,24,25). The van der Waals surface area contributed by atoms with E-state index in [2.05, 4.69) is 20.2 Å². The Kier molecular flexibility index (Phi) is 5.86. The van der Waals surface area contributed by atoms with E-state index in [0.717, 1.165) is 35.4 Å². The van der Waals surface area contributed by atoms with Gasteiger partial charge in [-0.3, -0.25) is 4.79 Å². The molecule has 1 saturated heterocycles. The Labute approximate surface area is 170 Å². The maximum atomic E-state index is 12.6. The summed E-state index contributed by atoms with van der Waals surface area (Å²) in [7, 11) is 0. The van der Waals surface area contributed by atoms with Crippen LogP contribution in [0.4, 0.5) is 11.6 Å². The summed E-state index contributed by atoms with van der Waals surface area (Å²) in [6.45, 7) is 3.37. The van der Waals surface area contributed by atoms with Crippen LogP contribution in [-0.4, -0.2) is 58.6 Å². The maximum Gasteiger partial charge on any atom is 0.224 e. The number of benzene rings is 1. The molecule has 7 heteroatoms. The van der Waals surface area contributed by atoms with E-state index < -0.39 is 0 Å². The van der Waals surface area contributed by atoms with Gasteiger partial charge in [-0.1, -0.05) is 24.3 Å². The number of fused-ring (bicyclic) bond motifs is 1. The van der Waals surface area contributed by atoms with Crippen LogP contribution in [0.3, 0.4) is 0 Å². The summed E-state index contributed by atoms with van der Waals surface area (Å²) in [5.74, 6) is 1.73. The Morgan fingerprint density at radius 3 is 2.62 bits per heavy atom. The number of rotatable bonds is 6. The molecule has 2 aromatic heterocycles. The molecule has 3 heterocycles. The van der Waals surface area contributed by atoms with Crippen molar-refractivity contribution in [1.29, 1.82) is 0 Å². The Bertz CT molecular complexity index is 971. The SMILES string of the molecule is O=C(CCNc1nc2ccccc2cc1CO)N1CCN(c2ccccn2)CC1. The Morgan fingerprint density at radius 1 is 1.07 bits per heavy atom. The number of anilines is 2. The molecule has 0 unspecified atom stereocenters. The van der Waals surface area contributed by atoms with E-state index in [9.17, 15) is 9.90 Å². The number of para-hydroxylation sites is 1. The minimum atomic E-state index is -0.0937. The van der Waals surface area contributed by atoms with E-state index >= 15 is 0 Å². The van der Waals surface area contributed by atoms with Crippen LogP contribution in [0.1, 0.15) is 12.0 Å². The topological polar surface area (TPSA) is 81.6 Å². The molecule has 1 aliphatic rings. The molecular weight excluding hydrogens is 366 g/mol. The fraction of sp³-hybridized carbons (Fsp3) is 0.318. The first-order chi connectivity index (χ1) is 14.2. The lowest BCUT2D eigenvalue weighted by molar-refractivity contribution is -0.131. The summed E-state index contributed by atoms with van der Waals surface area (Å²) in [6.07, 6.45) is 2.18. The minimum Gasteiger partial charge on any atom is -0.392 e. The second kappa shape index (κ2) is 8.87. The third kappa shape index (κ3) is 4.46. The van der Waals surface area contributed by atoms with Crippen LogP contribution in [0.2, 0.25) is 0 Å². The molecule has 4 rings (SSSR count).